The normalized spacial score (nSPS) is 11.7. The number of anilines is 1. The molecule has 0 saturated carbocycles. The Kier molecular flexibility index (Phi) is 12.7. The monoisotopic (exact) mass is 661 g/mol. The van der Waals surface area contributed by atoms with E-state index in [0.29, 0.717) is 23.6 Å². The molecule has 13 heteroatoms. The van der Waals surface area contributed by atoms with E-state index in [0.717, 1.165) is 17.1 Å². The number of carbonyl (C=O) groups is 2. The zero-order valence-electron chi connectivity index (χ0n) is 26.3. The maximum absolute atomic E-state index is 14.3. The van der Waals surface area contributed by atoms with E-state index >= 15 is 0 Å². The van der Waals surface area contributed by atoms with Gasteiger partial charge in [0.05, 0.1) is 39.0 Å². The van der Waals surface area contributed by atoms with E-state index in [-0.39, 0.29) is 39.6 Å². The summed E-state index contributed by atoms with van der Waals surface area (Å²) < 4.78 is 50.9. The van der Waals surface area contributed by atoms with Gasteiger partial charge in [0.2, 0.25) is 11.8 Å². The summed E-state index contributed by atoms with van der Waals surface area (Å²) >= 11 is 6.31. The molecular formula is C32H40ClN3O8S. The van der Waals surface area contributed by atoms with Gasteiger partial charge in [0.25, 0.3) is 10.0 Å². The molecule has 1 atom stereocenters. The maximum atomic E-state index is 14.3. The highest BCUT2D eigenvalue weighted by atomic mass is 35.5. The first-order valence-electron chi connectivity index (χ1n) is 14.3. The van der Waals surface area contributed by atoms with Crippen molar-refractivity contribution in [3.8, 4) is 23.0 Å². The Labute approximate surface area is 270 Å². The van der Waals surface area contributed by atoms with Gasteiger partial charge in [0.1, 0.15) is 24.1 Å². The van der Waals surface area contributed by atoms with Crippen LogP contribution in [0, 0.1) is 0 Å². The van der Waals surface area contributed by atoms with Gasteiger partial charge in [0.15, 0.2) is 11.5 Å². The third-order valence-electron chi connectivity index (χ3n) is 7.14. The van der Waals surface area contributed by atoms with Gasteiger partial charge in [-0.2, -0.15) is 0 Å². The predicted octanol–water partition coefficient (Wildman–Crippen LogP) is 4.90. The fourth-order valence-corrected chi connectivity index (χ4v) is 6.12. The number of hydrogen-bond acceptors (Lipinski definition) is 8. The Morgan fingerprint density at radius 3 is 2.11 bits per heavy atom. The van der Waals surface area contributed by atoms with Gasteiger partial charge >= 0.3 is 0 Å². The van der Waals surface area contributed by atoms with Gasteiger partial charge in [-0.05, 0) is 61.4 Å². The SMILES string of the molecule is CCCCNC(=O)[C@@H](C)N(Cc1ccc(OC)cc1)C(=O)CN(c1cc(Cl)ccc1OC)S(=O)(=O)c1ccc(OC)c(OC)c1. The number of sulfonamides is 1. The molecule has 244 valence electrons. The third kappa shape index (κ3) is 8.73. The zero-order chi connectivity index (χ0) is 33.1. The van der Waals surface area contributed by atoms with E-state index < -0.39 is 28.5 Å². The molecular weight excluding hydrogens is 622 g/mol. The molecule has 3 rings (SSSR count). The molecule has 0 fully saturated rings. The predicted molar refractivity (Wildman–Crippen MR) is 173 cm³/mol. The number of methoxy groups -OCH3 is 4. The number of amides is 2. The molecule has 2 amide bonds. The number of rotatable bonds is 16. The van der Waals surface area contributed by atoms with Crippen molar-refractivity contribution in [1.82, 2.24) is 10.2 Å². The number of hydrogen-bond donors (Lipinski definition) is 1. The van der Waals surface area contributed by atoms with E-state index in [2.05, 4.69) is 5.32 Å². The van der Waals surface area contributed by atoms with Gasteiger partial charge in [-0.25, -0.2) is 8.42 Å². The second kappa shape index (κ2) is 16.2. The average Bonchev–Trinajstić information content (AvgIpc) is 3.05. The van der Waals surface area contributed by atoms with Crippen molar-refractivity contribution in [1.29, 1.82) is 0 Å². The number of nitrogens with zero attached hydrogens (tertiary/aromatic N) is 2. The van der Waals surface area contributed by atoms with E-state index in [1.165, 1.54) is 56.6 Å². The van der Waals surface area contributed by atoms with Crippen molar-refractivity contribution in [2.75, 3.05) is 45.8 Å². The minimum atomic E-state index is -4.44. The van der Waals surface area contributed by atoms with Crippen LogP contribution in [0.15, 0.2) is 65.6 Å². The second-order valence-corrected chi connectivity index (χ2v) is 12.3. The van der Waals surface area contributed by atoms with Gasteiger partial charge in [0, 0.05) is 24.2 Å². The lowest BCUT2D eigenvalue weighted by atomic mass is 10.1. The number of nitrogens with one attached hydrogen (secondary N) is 1. The fourth-order valence-electron chi connectivity index (χ4n) is 4.52. The van der Waals surface area contributed by atoms with E-state index in [1.807, 2.05) is 6.92 Å². The second-order valence-electron chi connectivity index (χ2n) is 10.0. The molecule has 3 aromatic carbocycles. The largest absolute Gasteiger partial charge is 0.497 e. The molecule has 3 aromatic rings. The van der Waals surface area contributed by atoms with Crippen LogP contribution in [0.5, 0.6) is 23.0 Å². The Balaban J connectivity index is 2.11. The highest BCUT2D eigenvalue weighted by molar-refractivity contribution is 7.92. The Morgan fingerprint density at radius 1 is 0.867 bits per heavy atom. The molecule has 0 unspecified atom stereocenters. The topological polar surface area (TPSA) is 124 Å². The van der Waals surface area contributed by atoms with Crippen LogP contribution in [0.2, 0.25) is 5.02 Å². The van der Waals surface area contributed by atoms with Crippen LogP contribution in [-0.2, 0) is 26.2 Å². The summed E-state index contributed by atoms with van der Waals surface area (Å²) in [6.07, 6.45) is 1.66. The van der Waals surface area contributed by atoms with E-state index in [1.54, 1.807) is 44.4 Å². The lowest BCUT2D eigenvalue weighted by Gasteiger charge is -2.32. The summed E-state index contributed by atoms with van der Waals surface area (Å²) in [6.45, 7) is 3.42. The van der Waals surface area contributed by atoms with Crippen LogP contribution in [0.25, 0.3) is 0 Å². The lowest BCUT2D eigenvalue weighted by Crippen LogP contribution is -2.51. The number of ether oxygens (including phenoxy) is 4. The van der Waals surface area contributed by atoms with Crippen LogP contribution in [-0.4, -0.2) is 72.7 Å². The first kappa shape index (κ1) is 35.3. The molecule has 0 spiro atoms. The molecule has 0 aromatic heterocycles. The molecule has 0 aliphatic carbocycles. The van der Waals surface area contributed by atoms with Gasteiger partial charge < -0.3 is 29.2 Å². The number of halogens is 1. The van der Waals surface area contributed by atoms with Crippen molar-refractivity contribution >= 4 is 39.1 Å². The summed E-state index contributed by atoms with van der Waals surface area (Å²) in [5.74, 6) is 0.315. The summed E-state index contributed by atoms with van der Waals surface area (Å²) in [6, 6.07) is 14.7. The van der Waals surface area contributed by atoms with Crippen LogP contribution in [0.4, 0.5) is 5.69 Å². The number of benzene rings is 3. The summed E-state index contributed by atoms with van der Waals surface area (Å²) in [5.41, 5.74) is 0.754. The summed E-state index contributed by atoms with van der Waals surface area (Å²) in [5, 5.41) is 3.09. The highest BCUT2D eigenvalue weighted by Crippen LogP contribution is 2.37. The Hall–Kier alpha value is -4.16. The highest BCUT2D eigenvalue weighted by Gasteiger charge is 2.34. The van der Waals surface area contributed by atoms with Crippen molar-refractivity contribution in [3.63, 3.8) is 0 Å². The lowest BCUT2D eigenvalue weighted by molar-refractivity contribution is -0.139. The maximum Gasteiger partial charge on any atom is 0.265 e. The molecule has 0 saturated heterocycles. The third-order valence-corrected chi connectivity index (χ3v) is 9.13. The smallest absolute Gasteiger partial charge is 0.265 e. The van der Waals surface area contributed by atoms with Gasteiger partial charge in [-0.3, -0.25) is 13.9 Å². The van der Waals surface area contributed by atoms with Crippen molar-refractivity contribution < 1.29 is 37.0 Å². The molecule has 45 heavy (non-hydrogen) atoms. The van der Waals surface area contributed by atoms with Crippen LogP contribution < -0.4 is 28.6 Å². The Morgan fingerprint density at radius 2 is 1.51 bits per heavy atom. The zero-order valence-corrected chi connectivity index (χ0v) is 27.9. The van der Waals surface area contributed by atoms with Crippen LogP contribution in [0.3, 0.4) is 0 Å². The summed E-state index contributed by atoms with van der Waals surface area (Å²) in [4.78, 5) is 28.6. The van der Waals surface area contributed by atoms with Crippen molar-refractivity contribution in [2.45, 2.75) is 44.2 Å². The van der Waals surface area contributed by atoms with E-state index in [9.17, 15) is 18.0 Å². The first-order valence-corrected chi connectivity index (χ1v) is 16.1. The molecule has 0 heterocycles. The summed E-state index contributed by atoms with van der Waals surface area (Å²) in [7, 11) is 1.31. The van der Waals surface area contributed by atoms with Crippen molar-refractivity contribution in [2.24, 2.45) is 0 Å². The molecule has 11 nitrogen and oxygen atoms in total. The van der Waals surface area contributed by atoms with Gasteiger partial charge in [-0.15, -0.1) is 0 Å². The minimum absolute atomic E-state index is 0.0299. The van der Waals surface area contributed by atoms with Crippen LogP contribution >= 0.6 is 11.6 Å². The molecule has 0 aliphatic rings. The molecule has 1 N–H and O–H groups in total. The minimum Gasteiger partial charge on any atom is -0.497 e. The van der Waals surface area contributed by atoms with Gasteiger partial charge in [-0.1, -0.05) is 37.1 Å². The number of carbonyl (C=O) groups excluding carboxylic acids is 2. The number of unbranched alkanes of at least 4 members (excludes halogenated alkanes) is 1. The molecule has 0 aliphatic heterocycles. The van der Waals surface area contributed by atoms with Crippen LogP contribution in [0.1, 0.15) is 32.3 Å². The molecule has 0 radical (unpaired) electrons. The molecule has 0 bridgehead atoms. The standard InChI is InChI=1S/C32H40ClN3O8S/c1-7-8-17-34-32(38)22(2)35(20-23-9-12-25(41-3)13-10-23)31(37)21-36(27-18-24(33)11-15-28(27)42-4)45(39,40)26-14-16-29(43-5)30(19-26)44-6/h9-16,18-19,22H,7-8,17,20-21H2,1-6H3,(H,34,38)/t22-/m1/s1. The quantitative estimate of drug-likeness (QED) is 0.215. The fraction of sp³-hybridized carbons (Fsp3) is 0.375. The van der Waals surface area contributed by atoms with E-state index in [4.69, 9.17) is 30.5 Å². The Bertz CT molecular complexity index is 1570. The average molecular weight is 662 g/mol. The first-order chi connectivity index (χ1) is 21.5. The van der Waals surface area contributed by atoms with Crippen molar-refractivity contribution in [3.05, 3.63) is 71.2 Å².